The second kappa shape index (κ2) is 8.18. The minimum Gasteiger partial charge on any atom is -0.362 e. The summed E-state index contributed by atoms with van der Waals surface area (Å²) in [6.45, 7) is 3.52. The molecule has 1 unspecified atom stereocenters. The van der Waals surface area contributed by atoms with Crippen LogP contribution in [0.2, 0.25) is 0 Å². The molecule has 0 aromatic carbocycles. The summed E-state index contributed by atoms with van der Waals surface area (Å²) in [4.78, 5) is 17.8. The van der Waals surface area contributed by atoms with Crippen molar-refractivity contribution in [1.82, 2.24) is 20.4 Å². The molecule has 7 nitrogen and oxygen atoms in total. The van der Waals surface area contributed by atoms with E-state index in [4.69, 9.17) is 9.26 Å². The Bertz CT molecular complexity index is 427. The van der Waals surface area contributed by atoms with Gasteiger partial charge in [-0.05, 0) is 26.8 Å². The Labute approximate surface area is 124 Å². The highest BCUT2D eigenvalue weighted by Gasteiger charge is 2.22. The predicted octanol–water partition coefficient (Wildman–Crippen LogP) is 0.527. The number of nitrogens with zero attached hydrogens (tertiary/aromatic N) is 3. The summed E-state index contributed by atoms with van der Waals surface area (Å²) in [6.07, 6.45) is 2.14. The first-order valence-corrected chi connectivity index (χ1v) is 6.51. The zero-order valence-electron chi connectivity index (χ0n) is 11.8. The number of carbonyl (C=O) groups excluding carboxylic acids is 1. The lowest BCUT2D eigenvalue weighted by molar-refractivity contribution is -0.138. The van der Waals surface area contributed by atoms with E-state index in [1.54, 1.807) is 6.92 Å². The number of ether oxygens (including phenoxy) is 1. The zero-order valence-corrected chi connectivity index (χ0v) is 12.6. The Morgan fingerprint density at radius 3 is 3.05 bits per heavy atom. The number of hydrogen-bond donors (Lipinski definition) is 1. The third-order valence-corrected chi connectivity index (χ3v) is 3.20. The van der Waals surface area contributed by atoms with Crippen LogP contribution in [0.1, 0.15) is 24.6 Å². The van der Waals surface area contributed by atoms with Crippen LogP contribution in [0.25, 0.3) is 0 Å². The molecule has 1 saturated heterocycles. The van der Waals surface area contributed by atoms with E-state index in [0.29, 0.717) is 17.8 Å². The molecule has 1 amide bonds. The molecule has 114 valence electrons. The van der Waals surface area contributed by atoms with Gasteiger partial charge in [0.15, 0.2) is 5.82 Å². The maximum absolute atomic E-state index is 12.0. The Morgan fingerprint density at radius 1 is 1.60 bits per heavy atom. The molecule has 1 aliphatic heterocycles. The van der Waals surface area contributed by atoms with Crippen molar-refractivity contribution in [2.24, 2.45) is 0 Å². The Morgan fingerprint density at radius 2 is 2.40 bits per heavy atom. The molecule has 2 heterocycles. The summed E-state index contributed by atoms with van der Waals surface area (Å²) < 4.78 is 10.2. The van der Waals surface area contributed by atoms with E-state index in [9.17, 15) is 4.79 Å². The number of carbonyl (C=O) groups is 1. The molecular formula is C12H21ClN4O3. The van der Waals surface area contributed by atoms with E-state index in [2.05, 4.69) is 15.5 Å². The van der Waals surface area contributed by atoms with E-state index in [0.717, 1.165) is 25.9 Å². The highest BCUT2D eigenvalue weighted by Crippen LogP contribution is 2.10. The molecule has 2 rings (SSSR count). The number of likely N-dealkylation sites (tertiary alicyclic amines) is 1. The number of halogens is 1. The first kappa shape index (κ1) is 16.9. The Hall–Kier alpha value is -1.18. The van der Waals surface area contributed by atoms with Gasteiger partial charge in [0.05, 0.1) is 0 Å². The third kappa shape index (κ3) is 4.73. The van der Waals surface area contributed by atoms with Crippen LogP contribution in [0.15, 0.2) is 4.52 Å². The minimum atomic E-state index is 0. The maximum Gasteiger partial charge on any atom is 0.252 e. The van der Waals surface area contributed by atoms with Crippen molar-refractivity contribution < 1.29 is 14.1 Å². The van der Waals surface area contributed by atoms with Crippen molar-refractivity contribution in [2.45, 2.75) is 32.4 Å². The number of piperidine rings is 1. The smallest absolute Gasteiger partial charge is 0.252 e. The number of amides is 1. The molecule has 1 atom stereocenters. The van der Waals surface area contributed by atoms with Gasteiger partial charge in [0.25, 0.3) is 5.89 Å². The van der Waals surface area contributed by atoms with Crippen molar-refractivity contribution in [3.63, 3.8) is 0 Å². The number of aryl methyl sites for hydroxylation is 1. The zero-order chi connectivity index (χ0) is 13.7. The third-order valence-electron chi connectivity index (χ3n) is 3.20. The van der Waals surface area contributed by atoms with Gasteiger partial charge in [0.1, 0.15) is 13.2 Å². The fraction of sp³-hybridized carbons (Fsp3) is 0.750. The largest absolute Gasteiger partial charge is 0.362 e. The maximum atomic E-state index is 12.0. The molecule has 0 bridgehead atoms. The topological polar surface area (TPSA) is 80.5 Å². The summed E-state index contributed by atoms with van der Waals surface area (Å²) in [7, 11) is 1.92. The summed E-state index contributed by atoms with van der Waals surface area (Å²) in [5.74, 6) is 0.978. The van der Waals surface area contributed by atoms with Crippen LogP contribution >= 0.6 is 12.4 Å². The van der Waals surface area contributed by atoms with Crippen LogP contribution in [0.4, 0.5) is 0 Å². The minimum absolute atomic E-state index is 0. The van der Waals surface area contributed by atoms with Crippen molar-refractivity contribution in [2.75, 3.05) is 26.7 Å². The summed E-state index contributed by atoms with van der Waals surface area (Å²) in [6, 6.07) is 0.385. The van der Waals surface area contributed by atoms with E-state index < -0.39 is 0 Å². The predicted molar refractivity (Wildman–Crippen MR) is 74.6 cm³/mol. The van der Waals surface area contributed by atoms with Gasteiger partial charge >= 0.3 is 0 Å². The monoisotopic (exact) mass is 304 g/mol. The number of likely N-dealkylation sites (N-methyl/N-ethyl adjacent to an activating group) is 1. The molecule has 0 aliphatic carbocycles. The van der Waals surface area contributed by atoms with Gasteiger partial charge in [-0.2, -0.15) is 4.98 Å². The molecule has 0 spiro atoms. The van der Waals surface area contributed by atoms with Crippen molar-refractivity contribution >= 4 is 18.3 Å². The van der Waals surface area contributed by atoms with Gasteiger partial charge in [-0.1, -0.05) is 5.16 Å². The van der Waals surface area contributed by atoms with E-state index in [-0.39, 0.29) is 31.5 Å². The molecule has 8 heteroatoms. The summed E-state index contributed by atoms with van der Waals surface area (Å²) in [5, 5.41) is 6.86. The summed E-state index contributed by atoms with van der Waals surface area (Å²) in [5.41, 5.74) is 0. The van der Waals surface area contributed by atoms with Crippen LogP contribution in [-0.4, -0.2) is 53.7 Å². The number of nitrogens with one attached hydrogen (secondary N) is 1. The number of rotatable bonds is 5. The quantitative estimate of drug-likeness (QED) is 0.854. The number of aromatic nitrogens is 2. The molecule has 1 aliphatic rings. The first-order chi connectivity index (χ1) is 9.19. The number of hydrogen-bond acceptors (Lipinski definition) is 6. The average molecular weight is 305 g/mol. The Kier molecular flexibility index (Phi) is 6.90. The van der Waals surface area contributed by atoms with Crippen molar-refractivity contribution in [1.29, 1.82) is 0 Å². The van der Waals surface area contributed by atoms with Gasteiger partial charge in [-0.25, -0.2) is 0 Å². The van der Waals surface area contributed by atoms with Crippen LogP contribution in [0.3, 0.4) is 0 Å². The van der Waals surface area contributed by atoms with Gasteiger partial charge in [-0.15, -0.1) is 12.4 Å². The Balaban J connectivity index is 0.00000200. The highest BCUT2D eigenvalue weighted by atomic mass is 35.5. The van der Waals surface area contributed by atoms with Crippen molar-refractivity contribution in [3.05, 3.63) is 11.7 Å². The van der Waals surface area contributed by atoms with Gasteiger partial charge < -0.3 is 19.5 Å². The molecule has 1 N–H and O–H groups in total. The van der Waals surface area contributed by atoms with Gasteiger partial charge in [-0.3, -0.25) is 4.79 Å². The molecule has 1 aromatic heterocycles. The van der Waals surface area contributed by atoms with Crippen LogP contribution < -0.4 is 5.32 Å². The van der Waals surface area contributed by atoms with E-state index >= 15 is 0 Å². The molecular weight excluding hydrogens is 284 g/mol. The first-order valence-electron chi connectivity index (χ1n) is 6.51. The lowest BCUT2D eigenvalue weighted by atomic mass is 10.1. The normalized spacial score (nSPS) is 18.7. The van der Waals surface area contributed by atoms with E-state index in [1.807, 2.05) is 11.9 Å². The van der Waals surface area contributed by atoms with E-state index in [1.165, 1.54) is 0 Å². The molecule has 1 fully saturated rings. The SMILES string of the molecule is CNC1CCCN(C(=O)COCc2nc(C)no2)C1.Cl. The standard InChI is InChI=1S/C12H20N4O3.ClH/c1-9-14-11(19-15-9)7-18-8-12(17)16-5-3-4-10(6-16)13-2;/h10,13H,3-8H2,1-2H3;1H. The molecule has 0 radical (unpaired) electrons. The molecule has 0 saturated carbocycles. The second-order valence-corrected chi connectivity index (χ2v) is 4.70. The second-order valence-electron chi connectivity index (χ2n) is 4.70. The molecule has 20 heavy (non-hydrogen) atoms. The van der Waals surface area contributed by atoms with Crippen molar-refractivity contribution in [3.8, 4) is 0 Å². The highest BCUT2D eigenvalue weighted by molar-refractivity contribution is 5.85. The molecule has 1 aromatic rings. The fourth-order valence-corrected chi connectivity index (χ4v) is 2.15. The lowest BCUT2D eigenvalue weighted by Crippen LogP contribution is -2.48. The van der Waals surface area contributed by atoms with Gasteiger partial charge in [0, 0.05) is 19.1 Å². The average Bonchev–Trinajstić information content (AvgIpc) is 2.84. The summed E-state index contributed by atoms with van der Waals surface area (Å²) >= 11 is 0. The van der Waals surface area contributed by atoms with Crippen LogP contribution in [-0.2, 0) is 16.1 Å². The van der Waals surface area contributed by atoms with Crippen LogP contribution in [0, 0.1) is 6.92 Å². The van der Waals surface area contributed by atoms with Crippen LogP contribution in [0.5, 0.6) is 0 Å². The fourth-order valence-electron chi connectivity index (χ4n) is 2.15. The lowest BCUT2D eigenvalue weighted by Gasteiger charge is -2.32. The van der Waals surface area contributed by atoms with Gasteiger partial charge in [0.2, 0.25) is 5.91 Å².